The van der Waals surface area contributed by atoms with Gasteiger partial charge in [-0.1, -0.05) is 12.8 Å². The van der Waals surface area contributed by atoms with E-state index in [0.29, 0.717) is 18.6 Å². The summed E-state index contributed by atoms with van der Waals surface area (Å²) in [5, 5.41) is 5.37. The van der Waals surface area contributed by atoms with Gasteiger partial charge < -0.3 is 21.1 Å². The van der Waals surface area contributed by atoms with Crippen molar-refractivity contribution in [2.75, 3.05) is 5.32 Å². The number of rotatable bonds is 5. The van der Waals surface area contributed by atoms with Crippen molar-refractivity contribution in [3.63, 3.8) is 0 Å². The van der Waals surface area contributed by atoms with E-state index in [9.17, 15) is 14.0 Å². The van der Waals surface area contributed by atoms with Gasteiger partial charge >= 0.3 is 6.03 Å². The molecule has 4 N–H and O–H groups in total. The number of hydrogen-bond acceptors (Lipinski definition) is 3. The molecule has 2 rings (SSSR count). The molecule has 132 valence electrons. The highest BCUT2D eigenvalue weighted by atomic mass is 19.1. The summed E-state index contributed by atoms with van der Waals surface area (Å²) in [4.78, 5) is 23.8. The predicted octanol–water partition coefficient (Wildman–Crippen LogP) is 2.78. The third-order valence-electron chi connectivity index (χ3n) is 4.00. The fourth-order valence-corrected chi connectivity index (χ4v) is 2.93. The average Bonchev–Trinajstić information content (AvgIpc) is 2.50. The average molecular weight is 337 g/mol. The molecule has 0 unspecified atom stereocenters. The largest absolute Gasteiger partial charge is 0.489 e. The number of primary amides is 1. The van der Waals surface area contributed by atoms with Crippen LogP contribution in [0, 0.1) is 11.7 Å². The number of benzene rings is 1. The summed E-state index contributed by atoms with van der Waals surface area (Å²) >= 11 is 0. The van der Waals surface area contributed by atoms with E-state index < -0.39 is 17.8 Å². The summed E-state index contributed by atoms with van der Waals surface area (Å²) < 4.78 is 19.0. The second-order valence-electron chi connectivity index (χ2n) is 6.31. The summed E-state index contributed by atoms with van der Waals surface area (Å²) in [6.45, 7) is 3.68. The van der Waals surface area contributed by atoms with E-state index in [0.717, 1.165) is 12.8 Å². The maximum Gasteiger partial charge on any atom is 0.319 e. The lowest BCUT2D eigenvalue weighted by Gasteiger charge is -2.30. The maximum atomic E-state index is 13.5. The summed E-state index contributed by atoms with van der Waals surface area (Å²) in [6.07, 6.45) is 3.10. The Kier molecular flexibility index (Phi) is 6.00. The fraction of sp³-hybridized carbons (Fsp3) is 0.529. The van der Waals surface area contributed by atoms with Gasteiger partial charge in [-0.15, -0.1) is 0 Å². The Hall–Kier alpha value is -2.31. The molecule has 1 fully saturated rings. The summed E-state index contributed by atoms with van der Waals surface area (Å²) in [6, 6.07) is 3.12. The van der Waals surface area contributed by atoms with Gasteiger partial charge in [0, 0.05) is 12.1 Å². The summed E-state index contributed by atoms with van der Waals surface area (Å²) in [5.41, 5.74) is 5.65. The van der Waals surface area contributed by atoms with E-state index in [4.69, 9.17) is 10.5 Å². The molecular weight excluding hydrogens is 313 g/mol. The van der Waals surface area contributed by atoms with E-state index in [1.54, 1.807) is 0 Å². The number of nitrogens with two attached hydrogens (primary N) is 1. The van der Waals surface area contributed by atoms with Crippen LogP contribution < -0.4 is 21.1 Å². The minimum Gasteiger partial charge on any atom is -0.489 e. The van der Waals surface area contributed by atoms with Crippen molar-refractivity contribution in [2.24, 2.45) is 11.7 Å². The molecule has 1 aliphatic carbocycles. The number of carbonyl (C=O) groups excluding carboxylic acids is 2. The highest BCUT2D eigenvalue weighted by molar-refractivity contribution is 5.91. The van der Waals surface area contributed by atoms with Crippen molar-refractivity contribution < 1.29 is 18.7 Å². The molecule has 1 aliphatic rings. The van der Waals surface area contributed by atoms with Gasteiger partial charge in [-0.25, -0.2) is 9.18 Å². The standard InChI is InChI=1S/C17H24FN3O3/c1-10(2)24-15-8-7-11(18)9-14(15)21-17(23)20-13-6-4-3-5-12(13)16(19)22/h7-10,12-13H,3-6H2,1-2H3,(H2,19,22)(H2,20,21,23)/t12-,13-/m0/s1. The van der Waals surface area contributed by atoms with Crippen LogP contribution in [0.5, 0.6) is 5.75 Å². The molecule has 24 heavy (non-hydrogen) atoms. The van der Waals surface area contributed by atoms with Crippen molar-refractivity contribution in [3.05, 3.63) is 24.0 Å². The quantitative estimate of drug-likeness (QED) is 0.771. The Bertz CT molecular complexity index is 607. The normalized spacial score (nSPS) is 20.5. The number of anilines is 1. The van der Waals surface area contributed by atoms with Gasteiger partial charge in [0.05, 0.1) is 17.7 Å². The lowest BCUT2D eigenvalue weighted by molar-refractivity contribution is -0.123. The smallest absolute Gasteiger partial charge is 0.319 e. The number of ether oxygens (including phenoxy) is 1. The Morgan fingerprint density at radius 3 is 2.67 bits per heavy atom. The summed E-state index contributed by atoms with van der Waals surface area (Å²) in [5.74, 6) is -0.872. The number of nitrogens with one attached hydrogen (secondary N) is 2. The minimum atomic E-state index is -0.507. The van der Waals surface area contributed by atoms with Crippen molar-refractivity contribution in [1.82, 2.24) is 5.32 Å². The highest BCUT2D eigenvalue weighted by Gasteiger charge is 2.30. The van der Waals surface area contributed by atoms with Crippen LogP contribution in [0.4, 0.5) is 14.9 Å². The van der Waals surface area contributed by atoms with Crippen LogP contribution in [-0.2, 0) is 4.79 Å². The first kappa shape index (κ1) is 18.0. The fourth-order valence-electron chi connectivity index (χ4n) is 2.93. The molecule has 0 saturated heterocycles. The molecular formula is C17H24FN3O3. The van der Waals surface area contributed by atoms with Crippen LogP contribution in [0.25, 0.3) is 0 Å². The zero-order valence-corrected chi connectivity index (χ0v) is 14.0. The number of amides is 3. The molecule has 3 amide bonds. The van der Waals surface area contributed by atoms with Gasteiger partial charge in [0.25, 0.3) is 0 Å². The molecule has 6 nitrogen and oxygen atoms in total. The Morgan fingerprint density at radius 1 is 1.29 bits per heavy atom. The van der Waals surface area contributed by atoms with E-state index in [1.165, 1.54) is 18.2 Å². The third kappa shape index (κ3) is 4.84. The topological polar surface area (TPSA) is 93.4 Å². The van der Waals surface area contributed by atoms with Gasteiger partial charge in [0.2, 0.25) is 5.91 Å². The first-order valence-corrected chi connectivity index (χ1v) is 8.20. The Labute approximate surface area is 140 Å². The van der Waals surface area contributed by atoms with Crippen LogP contribution in [0.2, 0.25) is 0 Å². The SMILES string of the molecule is CC(C)Oc1ccc(F)cc1NC(=O)N[C@H]1CCCC[C@@H]1C(N)=O. The monoisotopic (exact) mass is 337 g/mol. The van der Waals surface area contributed by atoms with Gasteiger partial charge in [-0.05, 0) is 38.8 Å². The van der Waals surface area contributed by atoms with E-state index in [2.05, 4.69) is 10.6 Å². The van der Waals surface area contributed by atoms with Gasteiger partial charge in [0.1, 0.15) is 11.6 Å². The zero-order valence-electron chi connectivity index (χ0n) is 14.0. The Morgan fingerprint density at radius 2 is 2.00 bits per heavy atom. The van der Waals surface area contributed by atoms with Gasteiger partial charge in [0.15, 0.2) is 0 Å². The molecule has 0 aliphatic heterocycles. The summed E-state index contributed by atoms with van der Waals surface area (Å²) in [7, 11) is 0. The molecule has 1 aromatic rings. The third-order valence-corrected chi connectivity index (χ3v) is 4.00. The van der Waals surface area contributed by atoms with Crippen LogP contribution >= 0.6 is 0 Å². The van der Waals surface area contributed by atoms with Gasteiger partial charge in [-0.3, -0.25) is 4.79 Å². The zero-order chi connectivity index (χ0) is 17.7. The van der Waals surface area contributed by atoms with E-state index in [-0.39, 0.29) is 23.8 Å². The molecule has 1 aromatic carbocycles. The van der Waals surface area contributed by atoms with Crippen molar-refractivity contribution in [3.8, 4) is 5.75 Å². The molecule has 1 saturated carbocycles. The maximum absolute atomic E-state index is 13.5. The highest BCUT2D eigenvalue weighted by Crippen LogP contribution is 2.27. The molecule has 0 spiro atoms. The van der Waals surface area contributed by atoms with Crippen LogP contribution in [-0.4, -0.2) is 24.1 Å². The number of halogens is 1. The molecule has 0 bridgehead atoms. The van der Waals surface area contributed by atoms with Crippen LogP contribution in [0.1, 0.15) is 39.5 Å². The molecule has 0 heterocycles. The van der Waals surface area contributed by atoms with Crippen molar-refractivity contribution in [1.29, 1.82) is 0 Å². The first-order chi connectivity index (χ1) is 11.4. The minimum absolute atomic E-state index is 0.114. The number of urea groups is 1. The Balaban J connectivity index is 2.06. The van der Waals surface area contributed by atoms with Crippen LogP contribution in [0.15, 0.2) is 18.2 Å². The molecule has 2 atom stereocenters. The predicted molar refractivity (Wildman–Crippen MR) is 89.3 cm³/mol. The van der Waals surface area contributed by atoms with Crippen LogP contribution in [0.3, 0.4) is 0 Å². The van der Waals surface area contributed by atoms with Gasteiger partial charge in [-0.2, -0.15) is 0 Å². The second-order valence-corrected chi connectivity index (χ2v) is 6.31. The number of hydrogen-bond donors (Lipinski definition) is 3. The van der Waals surface area contributed by atoms with Crippen molar-refractivity contribution >= 4 is 17.6 Å². The van der Waals surface area contributed by atoms with Crippen molar-refractivity contribution in [2.45, 2.75) is 51.7 Å². The molecule has 0 aromatic heterocycles. The first-order valence-electron chi connectivity index (χ1n) is 8.20. The van der Waals surface area contributed by atoms with E-state index in [1.807, 2.05) is 13.8 Å². The molecule has 0 radical (unpaired) electrons. The number of carbonyl (C=O) groups is 2. The lowest BCUT2D eigenvalue weighted by atomic mass is 9.84. The lowest BCUT2D eigenvalue weighted by Crippen LogP contribution is -2.48. The molecule has 7 heteroatoms. The second kappa shape index (κ2) is 7.99. The van der Waals surface area contributed by atoms with E-state index >= 15 is 0 Å².